The first-order valence-corrected chi connectivity index (χ1v) is 6.73. The van der Waals surface area contributed by atoms with Crippen molar-refractivity contribution in [2.45, 2.75) is 45.2 Å². The highest BCUT2D eigenvalue weighted by Crippen LogP contribution is 2.31. The summed E-state index contributed by atoms with van der Waals surface area (Å²) in [4.78, 5) is 14.4. The molecule has 1 aromatic rings. The molecule has 1 saturated heterocycles. The van der Waals surface area contributed by atoms with Gasteiger partial charge in [-0.05, 0) is 44.4 Å². The summed E-state index contributed by atoms with van der Waals surface area (Å²) in [6.07, 6.45) is 3.01. The van der Waals surface area contributed by atoms with Crippen LogP contribution in [0.3, 0.4) is 0 Å². The van der Waals surface area contributed by atoms with Crippen LogP contribution in [0, 0.1) is 0 Å². The minimum absolute atomic E-state index is 0.0403. The number of hydrogen-bond acceptors (Lipinski definition) is 2. The summed E-state index contributed by atoms with van der Waals surface area (Å²) in [6, 6.07) is 5.16. The maximum Gasteiger partial charge on any atom is 0.258 e. The van der Waals surface area contributed by atoms with E-state index in [2.05, 4.69) is 13.8 Å². The van der Waals surface area contributed by atoms with E-state index in [9.17, 15) is 9.90 Å². The molecule has 0 bridgehead atoms. The van der Waals surface area contributed by atoms with Crippen LogP contribution in [-0.4, -0.2) is 28.0 Å². The highest BCUT2D eigenvalue weighted by atomic mass is 35.5. The molecule has 0 spiro atoms. The maximum atomic E-state index is 12.5. The van der Waals surface area contributed by atoms with Crippen LogP contribution in [0.25, 0.3) is 0 Å². The summed E-state index contributed by atoms with van der Waals surface area (Å²) in [5.74, 6) is -0.137. The number of hydrogen-bond donors (Lipinski definition) is 1. The van der Waals surface area contributed by atoms with E-state index >= 15 is 0 Å². The fourth-order valence-electron chi connectivity index (χ4n) is 2.66. The number of likely N-dealkylation sites (tertiary alicyclic amines) is 1. The smallest absolute Gasteiger partial charge is 0.258 e. The van der Waals surface area contributed by atoms with Gasteiger partial charge in [0.25, 0.3) is 5.91 Å². The van der Waals surface area contributed by atoms with Gasteiger partial charge < -0.3 is 10.0 Å². The number of benzene rings is 1. The van der Waals surface area contributed by atoms with Gasteiger partial charge in [0, 0.05) is 17.1 Å². The molecule has 4 heteroatoms. The van der Waals surface area contributed by atoms with Gasteiger partial charge in [-0.2, -0.15) is 0 Å². The first-order valence-electron chi connectivity index (χ1n) is 6.35. The minimum atomic E-state index is -0.0963. The van der Waals surface area contributed by atoms with Crippen molar-refractivity contribution in [3.63, 3.8) is 0 Å². The van der Waals surface area contributed by atoms with Crippen LogP contribution in [0.5, 0.6) is 5.75 Å². The van der Waals surface area contributed by atoms with Crippen molar-refractivity contribution in [2.24, 2.45) is 0 Å². The summed E-state index contributed by atoms with van der Waals surface area (Å²) in [5, 5.41) is 10.3. The second-order valence-corrected chi connectivity index (χ2v) is 5.30. The summed E-state index contributed by atoms with van der Waals surface area (Å²) in [5.41, 5.74) is 0.339. The van der Waals surface area contributed by atoms with Crippen molar-refractivity contribution in [1.82, 2.24) is 4.90 Å². The van der Waals surface area contributed by atoms with Gasteiger partial charge >= 0.3 is 0 Å². The van der Waals surface area contributed by atoms with Gasteiger partial charge in [0.05, 0.1) is 5.56 Å². The Kier molecular flexibility index (Phi) is 3.81. The molecule has 1 N–H and O–H groups in total. The lowest BCUT2D eigenvalue weighted by atomic mass is 10.1. The number of carbonyl (C=O) groups is 1. The van der Waals surface area contributed by atoms with Crippen LogP contribution < -0.4 is 0 Å². The largest absolute Gasteiger partial charge is 0.507 e. The van der Waals surface area contributed by atoms with Crippen LogP contribution in [0.4, 0.5) is 0 Å². The Labute approximate surface area is 112 Å². The summed E-state index contributed by atoms with van der Waals surface area (Å²) in [7, 11) is 0. The fourth-order valence-corrected chi connectivity index (χ4v) is 2.83. The Hall–Kier alpha value is -1.22. The molecule has 0 radical (unpaired) electrons. The molecule has 2 rings (SSSR count). The van der Waals surface area contributed by atoms with Crippen LogP contribution in [0.2, 0.25) is 5.02 Å². The molecule has 1 aliphatic rings. The zero-order valence-electron chi connectivity index (χ0n) is 10.7. The highest BCUT2D eigenvalue weighted by molar-refractivity contribution is 6.30. The third-order valence-corrected chi connectivity index (χ3v) is 3.92. The van der Waals surface area contributed by atoms with Crippen molar-refractivity contribution in [3.8, 4) is 5.75 Å². The number of aromatic hydroxyl groups is 1. The van der Waals surface area contributed by atoms with Gasteiger partial charge in [-0.25, -0.2) is 0 Å². The monoisotopic (exact) mass is 267 g/mol. The summed E-state index contributed by atoms with van der Waals surface area (Å²) < 4.78 is 0. The lowest BCUT2D eigenvalue weighted by Gasteiger charge is -2.28. The molecule has 18 heavy (non-hydrogen) atoms. The SMILES string of the molecule is CCC1CCC(C)N1C(=O)c1ccc(Cl)cc1O. The first kappa shape index (κ1) is 13.2. The fraction of sp³-hybridized carbons (Fsp3) is 0.500. The summed E-state index contributed by atoms with van der Waals surface area (Å²) >= 11 is 5.78. The van der Waals surface area contributed by atoms with Crippen molar-refractivity contribution < 1.29 is 9.90 Å². The number of phenols is 1. The number of carbonyl (C=O) groups excluding carboxylic acids is 1. The Balaban J connectivity index is 2.30. The number of amides is 1. The third-order valence-electron chi connectivity index (χ3n) is 3.68. The van der Waals surface area contributed by atoms with Gasteiger partial charge in [0.1, 0.15) is 5.75 Å². The number of phenolic OH excluding ortho intramolecular Hbond substituents is 1. The van der Waals surface area contributed by atoms with Crippen LogP contribution in [0.1, 0.15) is 43.5 Å². The number of halogens is 1. The number of nitrogens with zero attached hydrogens (tertiary/aromatic N) is 1. The predicted molar refractivity (Wildman–Crippen MR) is 72.1 cm³/mol. The quantitative estimate of drug-likeness (QED) is 0.892. The zero-order valence-corrected chi connectivity index (χ0v) is 11.4. The zero-order chi connectivity index (χ0) is 13.3. The third kappa shape index (κ3) is 2.32. The Morgan fingerprint density at radius 3 is 2.83 bits per heavy atom. The first-order chi connectivity index (χ1) is 8.54. The van der Waals surface area contributed by atoms with E-state index in [4.69, 9.17) is 11.6 Å². The van der Waals surface area contributed by atoms with E-state index in [1.165, 1.54) is 6.07 Å². The molecule has 2 unspecified atom stereocenters. The molecule has 2 atom stereocenters. The summed E-state index contributed by atoms with van der Waals surface area (Å²) in [6.45, 7) is 4.14. The van der Waals surface area contributed by atoms with Gasteiger partial charge in [0.2, 0.25) is 0 Å². The topological polar surface area (TPSA) is 40.5 Å². The Morgan fingerprint density at radius 1 is 1.50 bits per heavy atom. The molecule has 1 heterocycles. The van der Waals surface area contributed by atoms with Gasteiger partial charge in [-0.3, -0.25) is 4.79 Å². The normalized spacial score (nSPS) is 23.4. The van der Waals surface area contributed by atoms with Gasteiger partial charge in [-0.1, -0.05) is 18.5 Å². The second-order valence-electron chi connectivity index (χ2n) is 4.86. The van der Waals surface area contributed by atoms with Crippen molar-refractivity contribution >= 4 is 17.5 Å². The molecule has 1 aliphatic heterocycles. The van der Waals surface area contributed by atoms with E-state index in [1.807, 2.05) is 4.90 Å². The molecular weight excluding hydrogens is 250 g/mol. The molecule has 1 amide bonds. The molecule has 0 aromatic heterocycles. The molecule has 1 aromatic carbocycles. The van der Waals surface area contributed by atoms with Crippen LogP contribution in [0.15, 0.2) is 18.2 Å². The van der Waals surface area contributed by atoms with E-state index in [-0.39, 0.29) is 23.7 Å². The molecular formula is C14H18ClNO2. The Bertz CT molecular complexity index is 461. The highest BCUT2D eigenvalue weighted by Gasteiger charge is 2.34. The Morgan fingerprint density at radius 2 is 2.22 bits per heavy atom. The van der Waals surface area contributed by atoms with Crippen molar-refractivity contribution in [1.29, 1.82) is 0 Å². The molecule has 0 saturated carbocycles. The van der Waals surface area contributed by atoms with Crippen molar-refractivity contribution in [3.05, 3.63) is 28.8 Å². The molecule has 98 valence electrons. The molecule has 3 nitrogen and oxygen atoms in total. The maximum absolute atomic E-state index is 12.5. The standard InChI is InChI=1S/C14H18ClNO2/c1-3-11-6-4-9(2)16(11)14(18)12-7-5-10(15)8-13(12)17/h5,7-9,11,17H,3-4,6H2,1-2H3. The van der Waals surface area contributed by atoms with Gasteiger partial charge in [0.15, 0.2) is 0 Å². The van der Waals surface area contributed by atoms with E-state index < -0.39 is 0 Å². The predicted octanol–water partition coefficient (Wildman–Crippen LogP) is 3.45. The van der Waals surface area contributed by atoms with Crippen molar-refractivity contribution in [2.75, 3.05) is 0 Å². The molecule has 0 aliphatic carbocycles. The van der Waals surface area contributed by atoms with E-state index in [0.717, 1.165) is 19.3 Å². The van der Waals surface area contributed by atoms with E-state index in [1.54, 1.807) is 12.1 Å². The molecule has 1 fully saturated rings. The minimum Gasteiger partial charge on any atom is -0.507 e. The lowest BCUT2D eigenvalue weighted by molar-refractivity contribution is 0.0673. The van der Waals surface area contributed by atoms with Crippen LogP contribution >= 0.6 is 11.6 Å². The second kappa shape index (κ2) is 5.19. The van der Waals surface area contributed by atoms with Crippen LogP contribution in [-0.2, 0) is 0 Å². The van der Waals surface area contributed by atoms with Gasteiger partial charge in [-0.15, -0.1) is 0 Å². The lowest BCUT2D eigenvalue weighted by Crippen LogP contribution is -2.39. The van der Waals surface area contributed by atoms with E-state index in [0.29, 0.717) is 10.6 Å². The average molecular weight is 268 g/mol. The number of rotatable bonds is 2. The average Bonchev–Trinajstić information content (AvgIpc) is 2.69.